The van der Waals surface area contributed by atoms with Crippen LogP contribution in [0.1, 0.15) is 287 Å². The van der Waals surface area contributed by atoms with Crippen LogP contribution < -0.4 is 0 Å². The molecule has 4 fully saturated rings. The van der Waals surface area contributed by atoms with Crippen molar-refractivity contribution >= 4 is 0 Å². The summed E-state index contributed by atoms with van der Waals surface area (Å²) in [5, 5.41) is 0. The van der Waals surface area contributed by atoms with E-state index in [0.717, 1.165) is 53.3 Å². The number of aryl methyl sites for hydroxylation is 2. The summed E-state index contributed by atoms with van der Waals surface area (Å²) in [6.45, 7) is 48.4. The van der Waals surface area contributed by atoms with E-state index in [1.54, 1.807) is 11.1 Å². The maximum Gasteiger partial charge on any atom is -0.0132 e. The van der Waals surface area contributed by atoms with Gasteiger partial charge in [-0.1, -0.05) is 281 Å². The molecule has 1 atom stereocenters. The van der Waals surface area contributed by atoms with Crippen LogP contribution in [0.15, 0.2) is 91.0 Å². The van der Waals surface area contributed by atoms with Crippen LogP contribution in [0.2, 0.25) is 0 Å². The Morgan fingerprint density at radius 2 is 0.822 bits per heavy atom. The van der Waals surface area contributed by atoms with Crippen molar-refractivity contribution in [1.82, 2.24) is 0 Å². The van der Waals surface area contributed by atoms with Gasteiger partial charge >= 0.3 is 0 Å². The fourth-order valence-electron chi connectivity index (χ4n) is 11.4. The second-order valence-electron chi connectivity index (χ2n) is 29.3. The van der Waals surface area contributed by atoms with E-state index in [-0.39, 0.29) is 0 Å². The van der Waals surface area contributed by atoms with Crippen molar-refractivity contribution in [1.29, 1.82) is 0 Å². The van der Waals surface area contributed by atoms with Crippen molar-refractivity contribution < 1.29 is 0 Å². The number of rotatable bonds is 4. The van der Waals surface area contributed by atoms with Gasteiger partial charge in [0.15, 0.2) is 0 Å². The zero-order chi connectivity index (χ0) is 55.0. The van der Waals surface area contributed by atoms with E-state index in [0.29, 0.717) is 27.6 Å². The van der Waals surface area contributed by atoms with Gasteiger partial charge in [0.25, 0.3) is 0 Å². The number of hydrogen-bond acceptors (Lipinski definition) is 0. The van der Waals surface area contributed by atoms with Crippen molar-refractivity contribution in [2.45, 2.75) is 278 Å². The second kappa shape index (κ2) is 32.9. The average Bonchev–Trinajstić information content (AvgIpc) is 3.64. The number of allylic oxidation sites excluding steroid dienone is 2. The van der Waals surface area contributed by atoms with Crippen LogP contribution in [0.3, 0.4) is 0 Å². The predicted octanol–water partition coefficient (Wildman–Crippen LogP) is 23.8. The van der Waals surface area contributed by atoms with Crippen LogP contribution in [-0.2, 0) is 11.8 Å². The first-order chi connectivity index (χ1) is 34.0. The first-order valence-corrected chi connectivity index (χ1v) is 30.9. The van der Waals surface area contributed by atoms with Gasteiger partial charge in [0.2, 0.25) is 0 Å². The maximum absolute atomic E-state index is 2.38. The van der Waals surface area contributed by atoms with Gasteiger partial charge in [0.1, 0.15) is 0 Å². The Labute approximate surface area is 458 Å². The Hall–Kier alpha value is -2.60. The third-order valence-corrected chi connectivity index (χ3v) is 17.7. The lowest BCUT2D eigenvalue weighted by Crippen LogP contribution is -2.22. The zero-order valence-corrected chi connectivity index (χ0v) is 52.7. The molecule has 0 spiro atoms. The summed E-state index contributed by atoms with van der Waals surface area (Å²) in [7, 11) is 0. The molecule has 1 unspecified atom stereocenters. The smallest absolute Gasteiger partial charge is 0.0132 e. The Balaban J connectivity index is 0.000000288. The van der Waals surface area contributed by atoms with Gasteiger partial charge in [-0.2, -0.15) is 0 Å². The first kappa shape index (κ1) is 66.5. The quantitative estimate of drug-likeness (QED) is 0.229. The molecule has 0 heterocycles. The molecule has 73 heavy (non-hydrogen) atoms. The normalized spacial score (nSPS) is 19.2. The van der Waals surface area contributed by atoms with Gasteiger partial charge in [-0.3, -0.25) is 0 Å². The van der Waals surface area contributed by atoms with Gasteiger partial charge in [-0.25, -0.2) is 0 Å². The largest absolute Gasteiger partial charge is 0.0882 e. The highest BCUT2D eigenvalue weighted by Crippen LogP contribution is 2.41. The molecule has 0 amide bonds. The fourth-order valence-corrected chi connectivity index (χ4v) is 11.4. The number of benzene rings is 3. The molecular formula is C73H124. The van der Waals surface area contributed by atoms with E-state index in [2.05, 4.69) is 236 Å². The molecule has 6 aliphatic rings. The summed E-state index contributed by atoms with van der Waals surface area (Å²) in [6.07, 6.45) is 30.6. The molecule has 416 valence electrons. The summed E-state index contributed by atoms with van der Waals surface area (Å²) in [6, 6.07) is 28.0. The molecule has 0 saturated heterocycles. The molecule has 0 radical (unpaired) electrons. The van der Waals surface area contributed by atoms with E-state index in [1.807, 2.05) is 0 Å². The SMILES string of the molecule is CC(C)(C)C1CC=CC1.CC(C)(C)C1CCCC1.CC(C)(C)C1CCCCC1.CC(C)(C)c1ccccc1.CC(C)C1CC1.CC(C)C1CCC1.CC(C)C1CCc2ccccc21.Cc1ccccc1C(C)C. The van der Waals surface area contributed by atoms with Crippen molar-refractivity contribution in [2.75, 3.05) is 0 Å². The Morgan fingerprint density at radius 1 is 0.397 bits per heavy atom. The van der Waals surface area contributed by atoms with Crippen molar-refractivity contribution in [3.8, 4) is 0 Å². The van der Waals surface area contributed by atoms with Crippen LogP contribution in [0.4, 0.5) is 0 Å². The molecule has 9 rings (SSSR count). The minimum atomic E-state index is 0.293. The molecule has 0 heteroatoms. The molecule has 3 aromatic rings. The Kier molecular flexibility index (Phi) is 29.9. The van der Waals surface area contributed by atoms with E-state index < -0.39 is 0 Å². The highest BCUT2D eigenvalue weighted by atomic mass is 14.3. The topological polar surface area (TPSA) is 0 Å². The minimum absolute atomic E-state index is 0.293. The molecule has 4 saturated carbocycles. The predicted molar refractivity (Wildman–Crippen MR) is 331 cm³/mol. The van der Waals surface area contributed by atoms with E-state index >= 15 is 0 Å². The third-order valence-electron chi connectivity index (χ3n) is 17.7. The van der Waals surface area contributed by atoms with Crippen LogP contribution in [0, 0.1) is 70.5 Å². The fraction of sp³-hybridized carbons (Fsp3) is 0.726. The van der Waals surface area contributed by atoms with Crippen molar-refractivity contribution in [3.05, 3.63) is 119 Å². The van der Waals surface area contributed by atoms with Gasteiger partial charge in [0, 0.05) is 0 Å². The van der Waals surface area contributed by atoms with Crippen LogP contribution in [0.25, 0.3) is 0 Å². The lowest BCUT2D eigenvalue weighted by molar-refractivity contribution is 0.180. The van der Waals surface area contributed by atoms with E-state index in [9.17, 15) is 0 Å². The van der Waals surface area contributed by atoms with Crippen LogP contribution in [-0.4, -0.2) is 0 Å². The highest BCUT2D eigenvalue weighted by Gasteiger charge is 2.28. The van der Waals surface area contributed by atoms with Gasteiger partial charge < -0.3 is 0 Å². The molecule has 3 aromatic carbocycles. The molecule has 0 N–H and O–H groups in total. The van der Waals surface area contributed by atoms with Crippen molar-refractivity contribution in [2.24, 2.45) is 63.6 Å². The zero-order valence-electron chi connectivity index (χ0n) is 52.7. The van der Waals surface area contributed by atoms with Gasteiger partial charge in [-0.05, 0) is 180 Å². The molecule has 0 aromatic heterocycles. The average molecular weight is 1000 g/mol. The highest BCUT2D eigenvalue weighted by molar-refractivity contribution is 5.35. The molecule has 0 nitrogen and oxygen atoms in total. The lowest BCUT2D eigenvalue weighted by Gasteiger charge is -2.33. The summed E-state index contributed by atoms with van der Waals surface area (Å²) >= 11 is 0. The summed E-state index contributed by atoms with van der Waals surface area (Å²) in [5.41, 5.74) is 9.40. The second-order valence-corrected chi connectivity index (χ2v) is 29.3. The van der Waals surface area contributed by atoms with Crippen LogP contribution in [0.5, 0.6) is 0 Å². The van der Waals surface area contributed by atoms with Crippen molar-refractivity contribution in [3.63, 3.8) is 0 Å². The third kappa shape index (κ3) is 27.3. The first-order valence-electron chi connectivity index (χ1n) is 30.9. The molecule has 6 aliphatic carbocycles. The number of fused-ring (bicyclic) bond motifs is 1. The Bertz CT molecular complexity index is 1830. The molecule has 0 bridgehead atoms. The van der Waals surface area contributed by atoms with E-state index in [1.165, 1.54) is 132 Å². The summed E-state index contributed by atoms with van der Waals surface area (Å²) in [4.78, 5) is 0. The molecular weight excluding hydrogens is 877 g/mol. The van der Waals surface area contributed by atoms with Gasteiger partial charge in [-0.15, -0.1) is 0 Å². The monoisotopic (exact) mass is 1000 g/mol. The Morgan fingerprint density at radius 3 is 1.12 bits per heavy atom. The summed E-state index contributed by atoms with van der Waals surface area (Å²) in [5.74, 6) is 9.29. The van der Waals surface area contributed by atoms with E-state index in [4.69, 9.17) is 0 Å². The number of hydrogen-bond donors (Lipinski definition) is 0. The standard InChI is InChI=1S/C12H16.C10H20.2C10H14.C9H18.C9H16.C7H14.C6H12/c1-9(2)11-8-7-10-5-3-4-6-12(10)11;2*1-10(2,3)9-7-5-4-6-8-9;1-8(2)10-7-5-4-6-9(10)3;2*1-9(2,3)8-6-4-5-7-8;1-6(2)7-4-3-5-7;1-5(2)6-3-4-6/h3-6,9,11H,7-8H2,1-2H3;9H,4-8H2,1-3H3;2*4-8H,1-3H3;8H,4-7H2,1-3H3;4-5,8H,6-7H2,1-3H3;6-7H,3-5H2,1-2H3;5-6H,3-4H2,1-2H3. The van der Waals surface area contributed by atoms with Gasteiger partial charge in [0.05, 0.1) is 0 Å². The summed E-state index contributed by atoms with van der Waals surface area (Å²) < 4.78 is 0. The van der Waals surface area contributed by atoms with Crippen LogP contribution >= 0.6 is 0 Å². The lowest BCUT2D eigenvalue weighted by atomic mass is 9.72. The minimum Gasteiger partial charge on any atom is -0.0882 e. The maximum atomic E-state index is 2.38. The molecule has 0 aliphatic heterocycles.